The zero-order valence-corrected chi connectivity index (χ0v) is 17.7. The third kappa shape index (κ3) is 4.83. The summed E-state index contributed by atoms with van der Waals surface area (Å²) in [5.41, 5.74) is 1.89. The van der Waals surface area contributed by atoms with Crippen molar-refractivity contribution in [3.63, 3.8) is 0 Å². The molecule has 0 aromatic heterocycles. The summed E-state index contributed by atoms with van der Waals surface area (Å²) in [6, 6.07) is 12.0. The van der Waals surface area contributed by atoms with E-state index in [1.165, 1.54) is 16.7 Å². The number of thioether (sulfide) groups is 1. The van der Waals surface area contributed by atoms with Crippen LogP contribution in [0.2, 0.25) is 0 Å². The Morgan fingerprint density at radius 3 is 2.50 bits per heavy atom. The zero-order valence-electron chi connectivity index (χ0n) is 16.9. The van der Waals surface area contributed by atoms with Gasteiger partial charge >= 0.3 is 5.97 Å². The molecule has 0 unspecified atom stereocenters. The number of carboxylic acids is 1. The van der Waals surface area contributed by atoms with Crippen molar-refractivity contribution in [1.82, 2.24) is 4.90 Å². The molecule has 0 atom stereocenters. The van der Waals surface area contributed by atoms with Crippen LogP contribution in [0.4, 0.5) is 0 Å². The van der Waals surface area contributed by atoms with Gasteiger partial charge in [-0.1, -0.05) is 18.2 Å². The first-order chi connectivity index (χ1) is 14.4. The predicted octanol–water partition coefficient (Wildman–Crippen LogP) is 3.89. The number of likely N-dealkylation sites (N-methyl/N-ethyl adjacent to an activating group) is 1. The Morgan fingerprint density at radius 2 is 1.90 bits per heavy atom. The number of carboxylic acid groups (broad SMARTS) is 1. The van der Waals surface area contributed by atoms with Crippen molar-refractivity contribution in [2.24, 2.45) is 4.99 Å². The monoisotopic (exact) mass is 426 g/mol. The number of hydrogen-bond donors (Lipinski definition) is 1. The molecule has 30 heavy (non-hydrogen) atoms. The van der Waals surface area contributed by atoms with Crippen molar-refractivity contribution < 1.29 is 24.2 Å². The number of nitrogens with zero attached hydrogens (tertiary/aromatic N) is 2. The van der Waals surface area contributed by atoms with Crippen molar-refractivity contribution in [2.75, 3.05) is 20.7 Å². The van der Waals surface area contributed by atoms with Crippen LogP contribution in [0, 0.1) is 0 Å². The molecule has 0 radical (unpaired) electrons. The molecule has 1 saturated heterocycles. The fourth-order valence-electron chi connectivity index (χ4n) is 2.81. The van der Waals surface area contributed by atoms with E-state index in [4.69, 9.17) is 14.6 Å². The van der Waals surface area contributed by atoms with Gasteiger partial charge in [-0.15, -0.1) is 0 Å². The summed E-state index contributed by atoms with van der Waals surface area (Å²) in [7, 11) is 3.35. The van der Waals surface area contributed by atoms with E-state index >= 15 is 0 Å². The van der Waals surface area contributed by atoms with Gasteiger partial charge in [-0.05, 0) is 60.2 Å². The molecule has 1 fully saturated rings. The molecule has 1 heterocycles. The van der Waals surface area contributed by atoms with Crippen LogP contribution in [0.1, 0.15) is 28.4 Å². The highest BCUT2D eigenvalue weighted by atomic mass is 32.2. The van der Waals surface area contributed by atoms with Crippen LogP contribution < -0.4 is 9.47 Å². The van der Waals surface area contributed by atoms with E-state index < -0.39 is 5.97 Å². The van der Waals surface area contributed by atoms with Gasteiger partial charge in [0.2, 0.25) is 0 Å². The molecule has 3 rings (SSSR count). The normalized spacial score (nSPS) is 16.4. The highest BCUT2D eigenvalue weighted by molar-refractivity contribution is 8.18. The summed E-state index contributed by atoms with van der Waals surface area (Å²) in [6.07, 6.45) is 1.80. The minimum Gasteiger partial charge on any atom is -0.490 e. The van der Waals surface area contributed by atoms with E-state index in [1.54, 1.807) is 50.5 Å². The minimum atomic E-state index is -0.965. The number of benzene rings is 2. The quantitative estimate of drug-likeness (QED) is 0.676. The van der Waals surface area contributed by atoms with Crippen LogP contribution in [0.15, 0.2) is 52.4 Å². The van der Waals surface area contributed by atoms with Crippen molar-refractivity contribution in [2.45, 2.75) is 13.5 Å². The molecule has 0 aliphatic carbocycles. The van der Waals surface area contributed by atoms with E-state index in [0.717, 1.165) is 11.1 Å². The van der Waals surface area contributed by atoms with Crippen LogP contribution in [0.5, 0.6) is 11.5 Å². The maximum Gasteiger partial charge on any atom is 0.335 e. The first kappa shape index (κ1) is 21.4. The van der Waals surface area contributed by atoms with Crippen LogP contribution >= 0.6 is 11.8 Å². The Balaban J connectivity index is 1.77. The molecule has 7 nitrogen and oxygen atoms in total. The molecule has 0 bridgehead atoms. The van der Waals surface area contributed by atoms with E-state index in [-0.39, 0.29) is 18.1 Å². The molecular formula is C22H22N2O5S. The van der Waals surface area contributed by atoms with E-state index in [9.17, 15) is 9.59 Å². The van der Waals surface area contributed by atoms with Gasteiger partial charge in [-0.2, -0.15) is 0 Å². The number of hydrogen-bond acceptors (Lipinski definition) is 6. The Kier molecular flexibility index (Phi) is 6.79. The van der Waals surface area contributed by atoms with Crippen LogP contribution in [0.3, 0.4) is 0 Å². The second-order valence-corrected chi connectivity index (χ2v) is 7.42. The number of ether oxygens (including phenoxy) is 2. The number of carbonyl (C=O) groups is 2. The molecule has 8 heteroatoms. The van der Waals surface area contributed by atoms with E-state index in [0.29, 0.717) is 28.2 Å². The van der Waals surface area contributed by atoms with Gasteiger partial charge in [-0.25, -0.2) is 4.79 Å². The first-order valence-electron chi connectivity index (χ1n) is 9.29. The maximum absolute atomic E-state index is 12.3. The Bertz CT molecular complexity index is 1010. The van der Waals surface area contributed by atoms with Gasteiger partial charge in [0.1, 0.15) is 6.61 Å². The lowest BCUT2D eigenvalue weighted by molar-refractivity contribution is -0.121. The molecule has 0 spiro atoms. The maximum atomic E-state index is 12.3. The van der Waals surface area contributed by atoms with E-state index in [2.05, 4.69) is 4.99 Å². The summed E-state index contributed by atoms with van der Waals surface area (Å²) in [5.74, 6) is 0.0822. The van der Waals surface area contributed by atoms with Gasteiger partial charge in [-0.3, -0.25) is 14.7 Å². The Labute approximate surface area is 179 Å². The molecule has 156 valence electrons. The van der Waals surface area contributed by atoms with Gasteiger partial charge in [0.05, 0.1) is 17.1 Å². The fraction of sp³-hybridized carbons (Fsp3) is 0.227. The Hall–Kier alpha value is -3.26. The number of aromatic carboxylic acids is 1. The van der Waals surface area contributed by atoms with Gasteiger partial charge in [0.15, 0.2) is 16.7 Å². The lowest BCUT2D eigenvalue weighted by atomic mass is 10.1. The van der Waals surface area contributed by atoms with Crippen molar-refractivity contribution in [3.8, 4) is 11.5 Å². The first-order valence-corrected chi connectivity index (χ1v) is 10.1. The summed E-state index contributed by atoms with van der Waals surface area (Å²) in [6.45, 7) is 2.62. The molecule has 1 amide bonds. The smallest absolute Gasteiger partial charge is 0.335 e. The van der Waals surface area contributed by atoms with Gasteiger partial charge < -0.3 is 14.6 Å². The SMILES string of the molecule is CCOc1cc(/C=C2/SC(=NC)N(C)C2=O)ccc1OCc1ccc(C(=O)O)cc1. The molecule has 1 N–H and O–H groups in total. The molecule has 1 aliphatic rings. The van der Waals surface area contributed by atoms with Crippen molar-refractivity contribution >= 4 is 34.9 Å². The highest BCUT2D eigenvalue weighted by Gasteiger charge is 2.29. The molecule has 2 aromatic carbocycles. The lowest BCUT2D eigenvalue weighted by Gasteiger charge is -2.13. The average molecular weight is 426 g/mol. The number of rotatable bonds is 7. The number of aliphatic imine (C=N–C) groups is 1. The van der Waals surface area contributed by atoms with Gasteiger partial charge in [0.25, 0.3) is 5.91 Å². The topological polar surface area (TPSA) is 88.4 Å². The molecular weight excluding hydrogens is 404 g/mol. The molecule has 2 aromatic rings. The van der Waals surface area contributed by atoms with Crippen LogP contribution in [-0.2, 0) is 11.4 Å². The zero-order chi connectivity index (χ0) is 21.7. The standard InChI is InChI=1S/C22H22N2O5S/c1-4-28-18-11-15(12-19-20(25)24(3)22(23-2)30-19)7-10-17(18)29-13-14-5-8-16(9-6-14)21(26)27/h5-12H,4,13H2,1-3H3,(H,26,27)/b19-12+,23-22?. The van der Waals surface area contributed by atoms with Gasteiger partial charge in [0, 0.05) is 14.1 Å². The molecule has 1 aliphatic heterocycles. The van der Waals surface area contributed by atoms with E-state index in [1.807, 2.05) is 19.1 Å². The summed E-state index contributed by atoms with van der Waals surface area (Å²) >= 11 is 1.33. The second-order valence-electron chi connectivity index (χ2n) is 6.41. The highest BCUT2D eigenvalue weighted by Crippen LogP contribution is 2.34. The van der Waals surface area contributed by atoms with Crippen LogP contribution in [0.25, 0.3) is 6.08 Å². The third-order valence-corrected chi connectivity index (χ3v) is 5.51. The molecule has 0 saturated carbocycles. The number of amidine groups is 1. The van der Waals surface area contributed by atoms with Crippen LogP contribution in [-0.4, -0.2) is 47.8 Å². The lowest BCUT2D eigenvalue weighted by Crippen LogP contribution is -2.23. The minimum absolute atomic E-state index is 0.0938. The largest absolute Gasteiger partial charge is 0.490 e. The summed E-state index contributed by atoms with van der Waals surface area (Å²) in [4.78, 5) is 29.5. The fourth-order valence-corrected chi connectivity index (χ4v) is 3.73. The number of amides is 1. The summed E-state index contributed by atoms with van der Waals surface area (Å²) in [5, 5.41) is 9.64. The average Bonchev–Trinajstić information content (AvgIpc) is 3.01. The predicted molar refractivity (Wildman–Crippen MR) is 117 cm³/mol. The van der Waals surface area contributed by atoms with Crippen molar-refractivity contribution in [1.29, 1.82) is 0 Å². The summed E-state index contributed by atoms with van der Waals surface area (Å²) < 4.78 is 11.6. The van der Waals surface area contributed by atoms with Crippen molar-refractivity contribution in [3.05, 3.63) is 64.1 Å². The second kappa shape index (κ2) is 9.49. The Morgan fingerprint density at radius 1 is 1.17 bits per heavy atom. The third-order valence-electron chi connectivity index (χ3n) is 4.36. The number of carbonyl (C=O) groups excluding carboxylic acids is 1.